The molecule has 1 aliphatic rings. The van der Waals surface area contributed by atoms with E-state index in [1.807, 2.05) is 13.0 Å². The Morgan fingerprint density at radius 1 is 1.40 bits per heavy atom. The summed E-state index contributed by atoms with van der Waals surface area (Å²) in [5, 5.41) is 0. The summed E-state index contributed by atoms with van der Waals surface area (Å²) in [7, 11) is 0. The van der Waals surface area contributed by atoms with Crippen LogP contribution in [0.25, 0.3) is 0 Å². The van der Waals surface area contributed by atoms with Crippen LogP contribution in [0.4, 0.5) is 0 Å². The molecule has 0 saturated carbocycles. The Hall–Kier alpha value is -1.22. The summed E-state index contributed by atoms with van der Waals surface area (Å²) in [6.07, 6.45) is 1.84. The lowest BCUT2D eigenvalue weighted by Gasteiger charge is -2.09. The Morgan fingerprint density at radius 2 is 2.20 bits per heavy atom. The molecule has 0 aromatic heterocycles. The number of rotatable bonds is 3. The first-order valence-corrected chi connectivity index (χ1v) is 5.37. The van der Waals surface area contributed by atoms with Crippen LogP contribution in [0.15, 0.2) is 12.1 Å². The molecule has 3 heteroatoms. The first-order chi connectivity index (χ1) is 7.20. The number of fused-ring (bicyclic) bond motifs is 1. The van der Waals surface area contributed by atoms with E-state index >= 15 is 0 Å². The van der Waals surface area contributed by atoms with E-state index in [1.54, 1.807) is 0 Å². The average Bonchev–Trinajstić information content (AvgIpc) is 2.63. The molecule has 0 spiro atoms. The van der Waals surface area contributed by atoms with Gasteiger partial charge in [0.1, 0.15) is 0 Å². The number of hydrogen-bond donors (Lipinski definition) is 1. The van der Waals surface area contributed by atoms with Gasteiger partial charge in [-0.1, -0.05) is 13.0 Å². The summed E-state index contributed by atoms with van der Waals surface area (Å²) in [5.41, 5.74) is 8.23. The SMILES string of the molecule is CCc1cc(CC(C)N)cc2c1OCO2. The highest BCUT2D eigenvalue weighted by atomic mass is 16.7. The maximum Gasteiger partial charge on any atom is 0.231 e. The van der Waals surface area contributed by atoms with Crippen LogP contribution in [0.1, 0.15) is 25.0 Å². The second-order valence-electron chi connectivity index (χ2n) is 4.02. The minimum atomic E-state index is 0.176. The normalized spacial score (nSPS) is 15.4. The molecule has 82 valence electrons. The fourth-order valence-corrected chi connectivity index (χ4v) is 1.90. The molecule has 0 amide bonds. The van der Waals surface area contributed by atoms with Gasteiger partial charge in [-0.25, -0.2) is 0 Å². The zero-order valence-electron chi connectivity index (χ0n) is 9.25. The summed E-state index contributed by atoms with van der Waals surface area (Å²) in [5.74, 6) is 1.77. The molecule has 1 aromatic rings. The van der Waals surface area contributed by atoms with Crippen molar-refractivity contribution in [2.75, 3.05) is 6.79 Å². The van der Waals surface area contributed by atoms with Crippen molar-refractivity contribution >= 4 is 0 Å². The second-order valence-corrected chi connectivity index (χ2v) is 4.02. The molecule has 1 aromatic carbocycles. The van der Waals surface area contributed by atoms with E-state index in [1.165, 1.54) is 11.1 Å². The predicted molar refractivity (Wildman–Crippen MR) is 59.3 cm³/mol. The lowest BCUT2D eigenvalue weighted by Crippen LogP contribution is -2.17. The Balaban J connectivity index is 2.34. The molecule has 0 fully saturated rings. The Kier molecular flexibility index (Phi) is 2.82. The summed E-state index contributed by atoms with van der Waals surface area (Å²) < 4.78 is 10.8. The number of benzene rings is 1. The quantitative estimate of drug-likeness (QED) is 0.823. The maximum atomic E-state index is 5.79. The number of hydrogen-bond acceptors (Lipinski definition) is 3. The fraction of sp³-hybridized carbons (Fsp3) is 0.500. The molecule has 1 heterocycles. The Labute approximate surface area is 90.2 Å². The lowest BCUT2D eigenvalue weighted by molar-refractivity contribution is 0.173. The third-order valence-electron chi connectivity index (χ3n) is 2.55. The molecule has 2 rings (SSSR count). The molecule has 0 bridgehead atoms. The van der Waals surface area contributed by atoms with Crippen molar-refractivity contribution in [1.82, 2.24) is 0 Å². The number of ether oxygens (including phenoxy) is 2. The summed E-state index contributed by atoms with van der Waals surface area (Å²) in [6, 6.07) is 4.37. The van der Waals surface area contributed by atoms with Gasteiger partial charge >= 0.3 is 0 Å². The smallest absolute Gasteiger partial charge is 0.231 e. The summed E-state index contributed by atoms with van der Waals surface area (Å²) in [4.78, 5) is 0. The van der Waals surface area contributed by atoms with Gasteiger partial charge in [-0.15, -0.1) is 0 Å². The predicted octanol–water partition coefficient (Wildman–Crippen LogP) is 1.87. The molecule has 1 atom stereocenters. The van der Waals surface area contributed by atoms with Gasteiger partial charge in [0.2, 0.25) is 6.79 Å². The van der Waals surface area contributed by atoms with E-state index in [-0.39, 0.29) is 6.04 Å². The third kappa shape index (κ3) is 2.07. The van der Waals surface area contributed by atoms with Gasteiger partial charge in [0.15, 0.2) is 11.5 Å². The summed E-state index contributed by atoms with van der Waals surface area (Å²) >= 11 is 0. The zero-order chi connectivity index (χ0) is 10.8. The minimum absolute atomic E-state index is 0.176. The van der Waals surface area contributed by atoms with Crippen LogP contribution in [-0.4, -0.2) is 12.8 Å². The van der Waals surface area contributed by atoms with Crippen LogP contribution in [-0.2, 0) is 12.8 Å². The van der Waals surface area contributed by atoms with Crippen LogP contribution < -0.4 is 15.2 Å². The highest BCUT2D eigenvalue weighted by Gasteiger charge is 2.18. The average molecular weight is 207 g/mol. The van der Waals surface area contributed by atoms with Crippen molar-refractivity contribution < 1.29 is 9.47 Å². The molecule has 2 N–H and O–H groups in total. The van der Waals surface area contributed by atoms with Crippen molar-refractivity contribution in [2.45, 2.75) is 32.7 Å². The van der Waals surface area contributed by atoms with Crippen molar-refractivity contribution in [1.29, 1.82) is 0 Å². The van der Waals surface area contributed by atoms with Crippen molar-refractivity contribution in [2.24, 2.45) is 5.73 Å². The van der Waals surface area contributed by atoms with Crippen LogP contribution in [0.2, 0.25) is 0 Å². The van der Waals surface area contributed by atoms with E-state index in [2.05, 4.69) is 13.0 Å². The molecule has 0 saturated heterocycles. The van der Waals surface area contributed by atoms with Crippen LogP contribution >= 0.6 is 0 Å². The van der Waals surface area contributed by atoms with Crippen LogP contribution in [0, 0.1) is 0 Å². The monoisotopic (exact) mass is 207 g/mol. The highest BCUT2D eigenvalue weighted by molar-refractivity contribution is 5.51. The van der Waals surface area contributed by atoms with Gasteiger partial charge in [-0.3, -0.25) is 0 Å². The third-order valence-corrected chi connectivity index (χ3v) is 2.55. The molecule has 0 radical (unpaired) electrons. The molecule has 1 aliphatic heterocycles. The van der Waals surface area contributed by atoms with E-state index in [4.69, 9.17) is 15.2 Å². The minimum Gasteiger partial charge on any atom is -0.454 e. The highest BCUT2D eigenvalue weighted by Crippen LogP contribution is 2.37. The van der Waals surface area contributed by atoms with Crippen molar-refractivity contribution in [3.05, 3.63) is 23.3 Å². The van der Waals surface area contributed by atoms with E-state index in [0.717, 1.165) is 24.3 Å². The van der Waals surface area contributed by atoms with Gasteiger partial charge in [0.05, 0.1) is 0 Å². The fourth-order valence-electron chi connectivity index (χ4n) is 1.90. The van der Waals surface area contributed by atoms with Gasteiger partial charge < -0.3 is 15.2 Å². The molecule has 3 nitrogen and oxygen atoms in total. The molecule has 15 heavy (non-hydrogen) atoms. The maximum absolute atomic E-state index is 5.79. The van der Waals surface area contributed by atoms with Gasteiger partial charge in [0.25, 0.3) is 0 Å². The standard InChI is InChI=1S/C12H17NO2/c1-3-10-5-9(4-8(2)13)6-11-12(10)15-7-14-11/h5-6,8H,3-4,7,13H2,1-2H3. The molecular weight excluding hydrogens is 190 g/mol. The van der Waals surface area contributed by atoms with Gasteiger partial charge in [0, 0.05) is 6.04 Å². The number of aryl methyl sites for hydroxylation is 1. The second kappa shape index (κ2) is 4.11. The van der Waals surface area contributed by atoms with Crippen LogP contribution in [0.3, 0.4) is 0 Å². The van der Waals surface area contributed by atoms with Crippen LogP contribution in [0.5, 0.6) is 11.5 Å². The molecule has 1 unspecified atom stereocenters. The Bertz CT molecular complexity index is 361. The van der Waals surface area contributed by atoms with E-state index in [9.17, 15) is 0 Å². The van der Waals surface area contributed by atoms with E-state index < -0.39 is 0 Å². The van der Waals surface area contributed by atoms with Gasteiger partial charge in [-0.05, 0) is 37.0 Å². The summed E-state index contributed by atoms with van der Waals surface area (Å²) in [6.45, 7) is 4.47. The zero-order valence-corrected chi connectivity index (χ0v) is 9.25. The lowest BCUT2D eigenvalue weighted by atomic mass is 10.0. The number of nitrogens with two attached hydrogens (primary N) is 1. The van der Waals surface area contributed by atoms with Crippen molar-refractivity contribution in [3.8, 4) is 11.5 Å². The Morgan fingerprint density at radius 3 is 2.87 bits per heavy atom. The van der Waals surface area contributed by atoms with E-state index in [0.29, 0.717) is 6.79 Å². The first kappa shape index (κ1) is 10.3. The topological polar surface area (TPSA) is 44.5 Å². The largest absolute Gasteiger partial charge is 0.454 e. The first-order valence-electron chi connectivity index (χ1n) is 5.37. The van der Waals surface area contributed by atoms with Crippen molar-refractivity contribution in [3.63, 3.8) is 0 Å². The molecule has 0 aliphatic carbocycles. The van der Waals surface area contributed by atoms with Gasteiger partial charge in [-0.2, -0.15) is 0 Å². The molecular formula is C12H17NO2.